The van der Waals surface area contributed by atoms with Crippen LogP contribution in [0.5, 0.6) is 11.5 Å². The van der Waals surface area contributed by atoms with Gasteiger partial charge in [-0.05, 0) is 24.5 Å². The van der Waals surface area contributed by atoms with Gasteiger partial charge in [-0.15, -0.1) is 0 Å². The number of carboxylic acid groups (broad SMARTS) is 1. The van der Waals surface area contributed by atoms with Crippen LogP contribution in [0.3, 0.4) is 0 Å². The van der Waals surface area contributed by atoms with Crippen molar-refractivity contribution in [2.75, 3.05) is 13.9 Å². The first kappa shape index (κ1) is 14.9. The van der Waals surface area contributed by atoms with Crippen LogP contribution in [0.25, 0.3) is 0 Å². The SMILES string of the molecule is COCOc1ccc2c(c1)OC(C(=O)[O-])CC2.[Li+]. The molecule has 1 atom stereocenters. The number of carboxylic acids is 1. The minimum atomic E-state index is -1.18. The van der Waals surface area contributed by atoms with Gasteiger partial charge in [0, 0.05) is 13.2 Å². The number of hydrogen-bond acceptors (Lipinski definition) is 5. The molecule has 0 aliphatic carbocycles. The Balaban J connectivity index is 0.00000162. The van der Waals surface area contributed by atoms with Crippen molar-refractivity contribution in [3.05, 3.63) is 23.8 Å². The third kappa shape index (κ3) is 3.42. The van der Waals surface area contributed by atoms with Gasteiger partial charge in [-0.25, -0.2) is 0 Å². The summed E-state index contributed by atoms with van der Waals surface area (Å²) in [4.78, 5) is 10.7. The van der Waals surface area contributed by atoms with Crippen molar-refractivity contribution >= 4 is 5.97 Å². The molecule has 1 aliphatic rings. The molecule has 2 rings (SSSR count). The van der Waals surface area contributed by atoms with Gasteiger partial charge in [-0.1, -0.05) is 6.07 Å². The number of methoxy groups -OCH3 is 1. The number of aryl methyl sites for hydroxylation is 1. The van der Waals surface area contributed by atoms with Gasteiger partial charge in [0.25, 0.3) is 0 Å². The van der Waals surface area contributed by atoms with Gasteiger partial charge in [0.05, 0.1) is 5.97 Å². The second-order valence-corrected chi connectivity index (χ2v) is 3.78. The van der Waals surface area contributed by atoms with Crippen LogP contribution >= 0.6 is 0 Å². The fraction of sp³-hybridized carbons (Fsp3) is 0.417. The van der Waals surface area contributed by atoms with Gasteiger partial charge in [0.15, 0.2) is 6.79 Å². The normalized spacial score (nSPS) is 17.1. The third-order valence-corrected chi connectivity index (χ3v) is 2.59. The first-order valence-corrected chi connectivity index (χ1v) is 5.33. The maximum absolute atomic E-state index is 10.7. The van der Waals surface area contributed by atoms with Gasteiger partial charge in [0.2, 0.25) is 0 Å². The molecule has 0 bridgehead atoms. The van der Waals surface area contributed by atoms with Crippen molar-refractivity contribution in [3.8, 4) is 11.5 Å². The zero-order valence-corrected chi connectivity index (χ0v) is 10.5. The summed E-state index contributed by atoms with van der Waals surface area (Å²) in [5, 5.41) is 10.7. The van der Waals surface area contributed by atoms with Crippen LogP contribution in [0, 0.1) is 0 Å². The Bertz CT molecular complexity index is 421. The summed E-state index contributed by atoms with van der Waals surface area (Å²) >= 11 is 0. The summed E-state index contributed by atoms with van der Waals surface area (Å²) in [6, 6.07) is 5.34. The average Bonchev–Trinajstić information content (AvgIpc) is 2.35. The number of rotatable bonds is 4. The van der Waals surface area contributed by atoms with E-state index in [4.69, 9.17) is 14.2 Å². The van der Waals surface area contributed by atoms with E-state index in [-0.39, 0.29) is 25.7 Å². The van der Waals surface area contributed by atoms with Gasteiger partial charge in [-0.2, -0.15) is 0 Å². The molecule has 5 nitrogen and oxygen atoms in total. The van der Waals surface area contributed by atoms with Crippen LogP contribution in [0.15, 0.2) is 18.2 Å². The Kier molecular flexibility index (Phi) is 5.54. The minimum Gasteiger partial charge on any atom is -0.546 e. The second kappa shape index (κ2) is 6.69. The summed E-state index contributed by atoms with van der Waals surface area (Å²) in [5.41, 5.74) is 0.979. The molecule has 1 unspecified atom stereocenters. The number of hydrogen-bond donors (Lipinski definition) is 0. The summed E-state index contributed by atoms with van der Waals surface area (Å²) in [5.74, 6) is -0.0532. The Morgan fingerprint density at radius 1 is 1.56 bits per heavy atom. The zero-order chi connectivity index (χ0) is 12.3. The van der Waals surface area contributed by atoms with E-state index in [0.717, 1.165) is 5.56 Å². The number of carbonyl (C=O) groups excluding carboxylic acids is 1. The molecule has 0 aromatic heterocycles. The molecule has 1 aromatic carbocycles. The number of fused-ring (bicyclic) bond motifs is 1. The molecule has 0 radical (unpaired) electrons. The quantitative estimate of drug-likeness (QED) is 0.420. The molecule has 0 spiro atoms. The largest absolute Gasteiger partial charge is 1.00 e. The van der Waals surface area contributed by atoms with Crippen molar-refractivity contribution < 1.29 is 43.0 Å². The summed E-state index contributed by atoms with van der Waals surface area (Å²) in [6.45, 7) is 0.142. The molecular weight excluding hydrogens is 231 g/mol. The summed E-state index contributed by atoms with van der Waals surface area (Å²) in [7, 11) is 1.53. The van der Waals surface area contributed by atoms with Crippen molar-refractivity contribution in [2.24, 2.45) is 0 Å². The van der Waals surface area contributed by atoms with Gasteiger partial charge >= 0.3 is 18.9 Å². The molecule has 1 aliphatic heterocycles. The van der Waals surface area contributed by atoms with Crippen LogP contribution in [0.4, 0.5) is 0 Å². The Hall–Kier alpha value is -1.15. The average molecular weight is 244 g/mol. The van der Waals surface area contributed by atoms with Gasteiger partial charge in [0.1, 0.15) is 17.6 Å². The number of aliphatic carboxylic acids is 1. The van der Waals surface area contributed by atoms with Crippen LogP contribution < -0.4 is 33.4 Å². The fourth-order valence-corrected chi connectivity index (χ4v) is 1.73. The molecule has 92 valence electrons. The van der Waals surface area contributed by atoms with Crippen molar-refractivity contribution in [2.45, 2.75) is 18.9 Å². The molecule has 6 heteroatoms. The van der Waals surface area contributed by atoms with Gasteiger partial charge in [-0.3, -0.25) is 0 Å². The number of ether oxygens (including phenoxy) is 3. The van der Waals surface area contributed by atoms with Crippen LogP contribution in [0.2, 0.25) is 0 Å². The molecule has 1 heterocycles. The minimum absolute atomic E-state index is 0. The van der Waals surface area contributed by atoms with E-state index in [1.54, 1.807) is 12.1 Å². The molecule has 0 saturated carbocycles. The van der Waals surface area contributed by atoms with E-state index in [1.165, 1.54) is 7.11 Å². The summed E-state index contributed by atoms with van der Waals surface area (Å²) < 4.78 is 15.4. The van der Waals surface area contributed by atoms with Crippen LogP contribution in [0.1, 0.15) is 12.0 Å². The molecule has 0 fully saturated rings. The Morgan fingerprint density at radius 3 is 3.00 bits per heavy atom. The van der Waals surface area contributed by atoms with Crippen molar-refractivity contribution in [1.82, 2.24) is 0 Å². The van der Waals surface area contributed by atoms with E-state index in [2.05, 4.69) is 0 Å². The van der Waals surface area contributed by atoms with Crippen LogP contribution in [-0.4, -0.2) is 26.0 Å². The number of benzene rings is 1. The topological polar surface area (TPSA) is 67.8 Å². The van der Waals surface area contributed by atoms with E-state index in [1.807, 2.05) is 6.07 Å². The first-order chi connectivity index (χ1) is 8.20. The Labute approximate surface area is 117 Å². The maximum atomic E-state index is 10.7. The molecule has 0 N–H and O–H groups in total. The van der Waals surface area contributed by atoms with Crippen molar-refractivity contribution in [3.63, 3.8) is 0 Å². The van der Waals surface area contributed by atoms with E-state index in [0.29, 0.717) is 24.3 Å². The second-order valence-electron chi connectivity index (χ2n) is 3.78. The van der Waals surface area contributed by atoms with Gasteiger partial charge < -0.3 is 24.1 Å². The molecule has 1 aromatic rings. The van der Waals surface area contributed by atoms with Crippen molar-refractivity contribution in [1.29, 1.82) is 0 Å². The maximum Gasteiger partial charge on any atom is 1.00 e. The zero-order valence-electron chi connectivity index (χ0n) is 10.5. The number of carbonyl (C=O) groups is 1. The standard InChI is InChI=1S/C12H14O5.Li/c1-15-7-16-9-4-2-8-3-5-10(12(13)14)17-11(8)6-9;/h2,4,6,10H,3,5,7H2,1H3,(H,13,14);/q;+1/p-1. The van der Waals surface area contributed by atoms with E-state index < -0.39 is 12.1 Å². The first-order valence-electron chi connectivity index (χ1n) is 5.33. The summed E-state index contributed by atoms with van der Waals surface area (Å²) in [6.07, 6.45) is 0.228. The van der Waals surface area contributed by atoms with Crippen LogP contribution in [-0.2, 0) is 16.0 Å². The third-order valence-electron chi connectivity index (χ3n) is 2.59. The molecule has 18 heavy (non-hydrogen) atoms. The predicted octanol–water partition coefficient (Wildman–Crippen LogP) is -2.88. The smallest absolute Gasteiger partial charge is 0.546 e. The molecule has 0 saturated heterocycles. The fourth-order valence-electron chi connectivity index (χ4n) is 1.73. The van der Waals surface area contributed by atoms with E-state index in [9.17, 15) is 9.90 Å². The monoisotopic (exact) mass is 244 g/mol. The molecule has 0 amide bonds. The molecular formula is C12H13LiO5. The predicted molar refractivity (Wildman–Crippen MR) is 56.7 cm³/mol. The van der Waals surface area contributed by atoms with E-state index >= 15 is 0 Å². The Morgan fingerprint density at radius 2 is 2.33 bits per heavy atom.